The van der Waals surface area contributed by atoms with Gasteiger partial charge in [-0.2, -0.15) is 15.6 Å². The lowest BCUT2D eigenvalue weighted by molar-refractivity contribution is -0.385. The van der Waals surface area contributed by atoms with Gasteiger partial charge in [-0.05, 0) is 28.1 Å². The Morgan fingerprint density at radius 2 is 2.12 bits per heavy atom. The number of nitrogens with zero attached hydrogens (tertiary/aromatic N) is 4. The molecule has 1 rings (SSSR count). The first kappa shape index (κ1) is 12.6. The molecule has 0 heterocycles. The molecule has 0 radical (unpaired) electrons. The maximum Gasteiger partial charge on any atom is 0.285 e. The molecule has 0 unspecified atom stereocenters. The molecule has 0 fully saturated rings. The number of nitro benzene ring substituents is 1. The summed E-state index contributed by atoms with van der Waals surface area (Å²) in [5.74, 6) is 0. The van der Waals surface area contributed by atoms with Crippen molar-refractivity contribution in [3.63, 3.8) is 0 Å². The van der Waals surface area contributed by atoms with Crippen molar-refractivity contribution in [2.75, 3.05) is 5.43 Å². The second-order valence-electron chi connectivity index (χ2n) is 2.72. The number of halogens is 1. The van der Waals surface area contributed by atoms with Gasteiger partial charge >= 0.3 is 0 Å². The van der Waals surface area contributed by atoms with Crippen LogP contribution >= 0.6 is 15.9 Å². The number of benzene rings is 1. The highest BCUT2D eigenvalue weighted by Gasteiger charge is 2.11. The molecular formula is C9H4BrN5O2. The molecule has 0 saturated heterocycles. The molecule has 8 heteroatoms. The second-order valence-corrected chi connectivity index (χ2v) is 3.57. The topological polar surface area (TPSA) is 115 Å². The lowest BCUT2D eigenvalue weighted by atomic mass is 10.3. The van der Waals surface area contributed by atoms with Crippen LogP contribution < -0.4 is 5.43 Å². The zero-order valence-electron chi connectivity index (χ0n) is 8.22. The average Bonchev–Trinajstić information content (AvgIpc) is 2.32. The fraction of sp³-hybridized carbons (Fsp3) is 0. The van der Waals surface area contributed by atoms with Crippen molar-refractivity contribution in [1.82, 2.24) is 0 Å². The fourth-order valence-electron chi connectivity index (χ4n) is 0.918. The van der Waals surface area contributed by atoms with Crippen LogP contribution in [0.3, 0.4) is 0 Å². The third-order valence-electron chi connectivity index (χ3n) is 1.65. The van der Waals surface area contributed by atoms with Crippen LogP contribution in [0.1, 0.15) is 0 Å². The third-order valence-corrected chi connectivity index (χ3v) is 2.32. The first-order valence-electron chi connectivity index (χ1n) is 4.16. The fourth-order valence-corrected chi connectivity index (χ4v) is 1.31. The molecule has 0 aliphatic carbocycles. The van der Waals surface area contributed by atoms with Crippen molar-refractivity contribution in [3.8, 4) is 12.1 Å². The van der Waals surface area contributed by atoms with Gasteiger partial charge in [0.05, 0.1) is 15.1 Å². The summed E-state index contributed by atoms with van der Waals surface area (Å²) in [6.07, 6.45) is 0. The third kappa shape index (κ3) is 3.26. The number of nitrogens with one attached hydrogen (secondary N) is 1. The van der Waals surface area contributed by atoms with E-state index in [1.807, 2.05) is 0 Å². The first-order chi connectivity index (χ1) is 8.08. The largest absolute Gasteiger partial charge is 0.285 e. The Bertz CT molecular complexity index is 554. The first-order valence-corrected chi connectivity index (χ1v) is 4.95. The molecule has 1 N–H and O–H groups in total. The van der Waals surface area contributed by atoms with Crippen LogP contribution in [-0.2, 0) is 0 Å². The van der Waals surface area contributed by atoms with E-state index in [2.05, 4.69) is 26.5 Å². The summed E-state index contributed by atoms with van der Waals surface area (Å²) in [7, 11) is 0. The molecule has 0 bridgehead atoms. The number of nitro groups is 1. The van der Waals surface area contributed by atoms with Gasteiger partial charge in [0.2, 0.25) is 5.71 Å². The van der Waals surface area contributed by atoms with E-state index in [1.165, 1.54) is 18.2 Å². The van der Waals surface area contributed by atoms with Gasteiger partial charge in [0.25, 0.3) is 5.69 Å². The molecule has 0 aliphatic rings. The van der Waals surface area contributed by atoms with Gasteiger partial charge < -0.3 is 0 Å². The number of hydrogen-bond acceptors (Lipinski definition) is 6. The number of nitriles is 2. The highest BCUT2D eigenvalue weighted by Crippen LogP contribution is 2.27. The average molecular weight is 294 g/mol. The maximum absolute atomic E-state index is 10.6. The number of hydrazone groups is 1. The molecule has 1 aromatic rings. The Morgan fingerprint density at radius 1 is 1.47 bits per heavy atom. The van der Waals surface area contributed by atoms with Crippen LogP contribution in [0.5, 0.6) is 0 Å². The van der Waals surface area contributed by atoms with Gasteiger partial charge in [-0.3, -0.25) is 15.5 Å². The summed E-state index contributed by atoms with van der Waals surface area (Å²) in [4.78, 5) is 10.1. The molecule has 84 valence electrons. The molecule has 0 aromatic heterocycles. The molecular weight excluding hydrogens is 290 g/mol. The lowest BCUT2D eigenvalue weighted by Crippen LogP contribution is -1.97. The minimum Gasteiger partial charge on any atom is -0.276 e. The van der Waals surface area contributed by atoms with E-state index in [0.29, 0.717) is 10.2 Å². The second kappa shape index (κ2) is 5.58. The molecule has 1 aromatic carbocycles. The number of hydrogen-bond donors (Lipinski definition) is 1. The Balaban J connectivity index is 3.00. The SMILES string of the molecule is N#CC(C#N)=NNc1ccc(Br)c([N+](=O)[O-])c1. The van der Waals surface area contributed by atoms with Crippen LogP contribution in [0.15, 0.2) is 27.8 Å². The predicted molar refractivity (Wildman–Crippen MR) is 63.1 cm³/mol. The number of anilines is 1. The number of rotatable bonds is 3. The zero-order valence-corrected chi connectivity index (χ0v) is 9.80. The Hall–Kier alpha value is -2.45. The van der Waals surface area contributed by atoms with E-state index in [0.717, 1.165) is 0 Å². The van der Waals surface area contributed by atoms with Gasteiger partial charge in [-0.25, -0.2) is 0 Å². The van der Waals surface area contributed by atoms with E-state index in [4.69, 9.17) is 10.5 Å². The summed E-state index contributed by atoms with van der Waals surface area (Å²) in [6.45, 7) is 0. The monoisotopic (exact) mass is 293 g/mol. The van der Waals surface area contributed by atoms with Gasteiger partial charge in [0, 0.05) is 6.07 Å². The predicted octanol–water partition coefficient (Wildman–Crippen LogP) is 2.17. The minimum atomic E-state index is -0.561. The van der Waals surface area contributed by atoms with E-state index in [9.17, 15) is 10.1 Å². The van der Waals surface area contributed by atoms with Crippen molar-refractivity contribution in [3.05, 3.63) is 32.8 Å². The highest BCUT2D eigenvalue weighted by atomic mass is 79.9. The molecule has 7 nitrogen and oxygen atoms in total. The maximum atomic E-state index is 10.6. The zero-order chi connectivity index (χ0) is 12.8. The van der Waals surface area contributed by atoms with E-state index < -0.39 is 4.92 Å². The minimum absolute atomic E-state index is 0.138. The molecule has 0 spiro atoms. The molecule has 0 amide bonds. The quantitative estimate of drug-likeness (QED) is 0.521. The van der Waals surface area contributed by atoms with Gasteiger partial charge in [-0.1, -0.05) is 0 Å². The summed E-state index contributed by atoms with van der Waals surface area (Å²) in [5.41, 5.74) is 2.19. The summed E-state index contributed by atoms with van der Waals surface area (Å²) < 4.78 is 0.331. The van der Waals surface area contributed by atoms with E-state index in [-0.39, 0.29) is 11.4 Å². The molecule has 0 atom stereocenters. The summed E-state index contributed by atoms with van der Waals surface area (Å²) in [5, 5.41) is 31.0. The van der Waals surface area contributed by atoms with Crippen molar-refractivity contribution in [2.45, 2.75) is 0 Å². The van der Waals surface area contributed by atoms with Gasteiger partial charge in [0.1, 0.15) is 12.1 Å². The van der Waals surface area contributed by atoms with Crippen LogP contribution in [-0.4, -0.2) is 10.6 Å². The van der Waals surface area contributed by atoms with Gasteiger partial charge in [0.15, 0.2) is 0 Å². The smallest absolute Gasteiger partial charge is 0.276 e. The van der Waals surface area contributed by atoms with E-state index in [1.54, 1.807) is 12.1 Å². The van der Waals surface area contributed by atoms with Crippen LogP contribution in [0, 0.1) is 32.8 Å². The Kier molecular flexibility index (Phi) is 4.14. The van der Waals surface area contributed by atoms with Crippen molar-refractivity contribution >= 4 is 33.0 Å². The van der Waals surface area contributed by atoms with Crippen molar-refractivity contribution in [1.29, 1.82) is 10.5 Å². The molecule has 0 saturated carbocycles. The van der Waals surface area contributed by atoms with Crippen molar-refractivity contribution < 1.29 is 4.92 Å². The summed E-state index contributed by atoms with van der Waals surface area (Å²) >= 11 is 3.03. The lowest BCUT2D eigenvalue weighted by Gasteiger charge is -2.00. The normalized spacial score (nSPS) is 8.65. The van der Waals surface area contributed by atoms with E-state index >= 15 is 0 Å². The van der Waals surface area contributed by atoms with Gasteiger partial charge in [-0.15, -0.1) is 0 Å². The molecule has 17 heavy (non-hydrogen) atoms. The highest BCUT2D eigenvalue weighted by molar-refractivity contribution is 9.10. The van der Waals surface area contributed by atoms with Crippen LogP contribution in [0.2, 0.25) is 0 Å². The van der Waals surface area contributed by atoms with Crippen LogP contribution in [0.25, 0.3) is 0 Å². The standard InChI is InChI=1S/C9H4BrN5O2/c10-8-2-1-6(3-9(8)15(16)17)13-14-7(4-11)5-12/h1-3,13H. The summed E-state index contributed by atoms with van der Waals surface area (Å²) in [6, 6.07) is 7.33. The Morgan fingerprint density at radius 3 is 2.65 bits per heavy atom. The Labute approximate surface area is 104 Å². The molecule has 0 aliphatic heterocycles. The van der Waals surface area contributed by atoms with Crippen LogP contribution in [0.4, 0.5) is 11.4 Å². The van der Waals surface area contributed by atoms with Crippen molar-refractivity contribution in [2.24, 2.45) is 5.10 Å².